The van der Waals surface area contributed by atoms with Gasteiger partial charge in [0.2, 0.25) is 0 Å². The van der Waals surface area contributed by atoms with Gasteiger partial charge in [-0.15, -0.1) is 0 Å². The molecule has 0 unspecified atom stereocenters. The van der Waals surface area contributed by atoms with Crippen molar-refractivity contribution in [3.05, 3.63) is 390 Å². The molecule has 14 aromatic rings. The maximum atomic E-state index is 5.71. The van der Waals surface area contributed by atoms with Crippen LogP contribution in [0.15, 0.2) is 303 Å². The van der Waals surface area contributed by atoms with Crippen LogP contribution in [-0.4, -0.2) is 34.3 Å². The van der Waals surface area contributed by atoms with E-state index in [2.05, 4.69) is 418 Å². The van der Waals surface area contributed by atoms with E-state index in [4.69, 9.17) is 91.1 Å². The van der Waals surface area contributed by atoms with Crippen LogP contribution in [0.1, 0.15) is 291 Å². The van der Waals surface area contributed by atoms with E-state index < -0.39 is 0 Å². The third-order valence-electron chi connectivity index (χ3n) is 25.9. The predicted octanol–water partition coefficient (Wildman–Crippen LogP) is 36.4. The summed E-state index contributed by atoms with van der Waals surface area (Å²) < 4.78 is 0. The number of halogens is 6. The van der Waals surface area contributed by atoms with Crippen LogP contribution in [0.5, 0.6) is 0 Å². The molecule has 0 saturated carbocycles. The van der Waals surface area contributed by atoms with E-state index in [0.29, 0.717) is 73.5 Å². The molecule has 0 radical (unpaired) electrons. The molecule has 0 fully saturated rings. The van der Waals surface area contributed by atoms with Crippen LogP contribution in [0.4, 0.5) is 34.1 Å². The van der Waals surface area contributed by atoms with Crippen LogP contribution >= 0.6 is 61.2 Å². The third-order valence-corrected chi connectivity index (χ3v) is 25.9. The molecule has 0 aliphatic heterocycles. The number of rotatable bonds is 20. The zero-order valence-electron chi connectivity index (χ0n) is 79.7. The van der Waals surface area contributed by atoms with Gasteiger partial charge < -0.3 is 0 Å². The molecule has 14 aromatic carbocycles. The van der Waals surface area contributed by atoms with Crippen molar-refractivity contribution in [1.29, 1.82) is 0 Å². The molecule has 0 spiro atoms. The Morgan fingerprint density at radius 2 is 0.462 bits per heavy atom. The van der Waals surface area contributed by atoms with Crippen molar-refractivity contribution in [1.82, 2.24) is 0 Å². The summed E-state index contributed by atoms with van der Waals surface area (Å²) in [5.74, 6) is 2.31. The van der Waals surface area contributed by atoms with E-state index in [-0.39, 0.29) is 10.8 Å². The van der Waals surface area contributed by atoms with E-state index in [1.54, 1.807) is 0 Å². The number of hydrogen-bond acceptors (Lipinski definition) is 6. The van der Waals surface area contributed by atoms with Crippen molar-refractivity contribution in [2.75, 3.05) is 0 Å². The van der Waals surface area contributed by atoms with Crippen molar-refractivity contribution in [2.45, 2.75) is 217 Å². The van der Waals surface area contributed by atoms with Gasteiger partial charge >= 0.3 is 99.1 Å². The molecule has 3 aliphatic carbocycles. The second-order valence-electron chi connectivity index (χ2n) is 36.8. The van der Waals surface area contributed by atoms with Crippen LogP contribution < -0.4 is 0 Å². The molecular weight excluding hydrogens is 1880 g/mol. The van der Waals surface area contributed by atoms with E-state index in [1.807, 2.05) is 0 Å². The second-order valence-corrected chi connectivity index (χ2v) is 41.7. The Bertz CT molecular complexity index is 6380. The first-order valence-electron chi connectivity index (χ1n) is 46.0. The minimum absolute atomic E-state index is 0.128. The zero-order valence-corrected chi connectivity index (χ0v) is 87.2. The number of aliphatic imine (C=N–C) groups is 6. The van der Waals surface area contributed by atoms with E-state index in [1.165, 1.54) is 149 Å². The fourth-order valence-electron chi connectivity index (χ4n) is 18.6. The van der Waals surface area contributed by atoms with E-state index >= 15 is 0 Å². The molecule has 17 rings (SSSR count). The number of aryl methyl sites for hydroxylation is 5. The van der Waals surface area contributed by atoms with Crippen molar-refractivity contribution < 1.29 is 38.0 Å². The standard InChI is InChI=1S/C50H52N2.C34H36N2.C33H34N2.6ClH.3Ni/c1-9-33-29-40(49(5,6)38-23-15-13-16-24-38)30-34(10-2)45(33)51-47-42-27-19-21-37-22-20-28-43(44(37)42)48(47)52-46-35(11-3)31-41(32-36(46)12-4)50(7,8)39-25-17-14-18-26-39;1-20(2)25-15-8-12-23(7)31(25)35-33-28-18-9-13-24-14-10-19-29(30(24)28)34(33)36-32-26(21(3)4)16-11-17-27(32)22(5)6;1-20(2)24-14-7-8-19-29(24)34-32-27-17-9-12-23-13-10-18-28(30(23)27)33(32)35-31-25(21(3)4)15-11-16-26(31)22(5)6;;;;;;;;;/h13-32H,9-12H2,1-8H3;8-22H,1-7H3;7-22H,1-6H3;6*1H;;;/q;;;;;;;;;3*+2/p-6. The Balaban J connectivity index is 0.000000175. The van der Waals surface area contributed by atoms with Gasteiger partial charge in [-0.2, -0.15) is 0 Å². The number of para-hydroxylation sites is 4. The topological polar surface area (TPSA) is 74.2 Å². The van der Waals surface area contributed by atoms with Gasteiger partial charge in [-0.25, -0.2) is 30.0 Å². The molecule has 132 heavy (non-hydrogen) atoms. The average Bonchev–Trinajstić information content (AvgIpc) is 1.59. The van der Waals surface area contributed by atoms with Gasteiger partial charge in [-0.05, 0) is 174 Å². The van der Waals surface area contributed by atoms with Gasteiger partial charge in [0.1, 0.15) is 0 Å². The predicted molar refractivity (Wildman–Crippen MR) is 567 cm³/mol. The summed E-state index contributed by atoms with van der Waals surface area (Å²) >= 11 is 1.71. The fourth-order valence-corrected chi connectivity index (χ4v) is 18.6. The molecule has 0 N–H and O–H groups in total. The van der Waals surface area contributed by atoms with Gasteiger partial charge in [0.15, 0.2) is 0 Å². The quantitative estimate of drug-likeness (QED) is 0.0682. The van der Waals surface area contributed by atoms with Gasteiger partial charge in [0.25, 0.3) is 0 Å². The monoisotopic (exact) mass is 1990 g/mol. The first-order valence-corrected chi connectivity index (χ1v) is 54.1. The number of nitrogens with zero attached hydrogens (tertiary/aromatic N) is 6. The molecule has 6 nitrogen and oxygen atoms in total. The molecular formula is C117H122Cl6N6Ni3. The van der Waals surface area contributed by atoms with Crippen molar-refractivity contribution in [3.63, 3.8) is 0 Å². The summed E-state index contributed by atoms with van der Waals surface area (Å²) in [6, 6.07) is 99.0. The molecule has 0 heterocycles. The minimum atomic E-state index is -0.128. The van der Waals surface area contributed by atoms with E-state index in [9.17, 15) is 0 Å². The summed E-state index contributed by atoms with van der Waals surface area (Å²) in [4.78, 5) is 33.2. The normalized spacial score (nSPS) is 14.5. The van der Waals surface area contributed by atoms with Gasteiger partial charge in [-0.3, -0.25) is 0 Å². The zero-order chi connectivity index (χ0) is 95.0. The Kier molecular flexibility index (Phi) is 36.0. The van der Waals surface area contributed by atoms with Crippen molar-refractivity contribution in [3.8, 4) is 0 Å². The second kappa shape index (κ2) is 46.6. The molecule has 692 valence electrons. The molecule has 0 saturated heterocycles. The summed E-state index contributed by atoms with van der Waals surface area (Å²) in [5.41, 5.74) is 38.4. The Hall–Kier alpha value is -8.90. The van der Waals surface area contributed by atoms with Crippen LogP contribution in [0.2, 0.25) is 0 Å². The van der Waals surface area contributed by atoms with E-state index in [0.717, 1.165) is 94.1 Å². The van der Waals surface area contributed by atoms with Crippen molar-refractivity contribution >= 4 is 162 Å². The summed E-state index contributed by atoms with van der Waals surface area (Å²) in [6.45, 7) is 47.5. The third kappa shape index (κ3) is 22.3. The van der Waals surface area contributed by atoms with Gasteiger partial charge in [0.05, 0.1) is 68.4 Å². The molecule has 0 amide bonds. The van der Waals surface area contributed by atoms with Crippen LogP contribution in [-0.2, 0) is 74.5 Å². The van der Waals surface area contributed by atoms with Crippen LogP contribution in [0.3, 0.4) is 0 Å². The average molecular weight is 2000 g/mol. The van der Waals surface area contributed by atoms with Crippen LogP contribution in [0.25, 0.3) is 32.3 Å². The SMILES string of the molecule is CC(C)c1ccccc1N=C1C(=Nc2c(C(C)C)cccc2C(C)C)c2cccc3cccc1c23.CCc1cc(C(C)(C)c2ccccc2)cc(CC)c1N=C1C(=Nc2c(CC)cc(C(C)(C)c3ccccc3)cc2CC)c2cccc3cccc1c23.Cc1cccc(C(C)C)c1N=C1C(=Nc2c(C(C)C)cccc2C(C)C)c2cccc3cccc1c23.[Cl][Ni][Cl].[Cl][Ni][Cl].[Cl][Ni][Cl]. The van der Waals surface area contributed by atoms with Crippen LogP contribution in [0, 0.1) is 6.92 Å². The Morgan fingerprint density at radius 1 is 0.242 bits per heavy atom. The van der Waals surface area contributed by atoms with Gasteiger partial charge in [0, 0.05) is 60.4 Å². The van der Waals surface area contributed by atoms with Gasteiger partial charge in [-0.1, -0.05) is 405 Å². The molecule has 0 bridgehead atoms. The maximum absolute atomic E-state index is 5.71. The fraction of sp³-hybridized carbons (Fsp3) is 0.282. The summed E-state index contributed by atoms with van der Waals surface area (Å²) in [7, 11) is 28.2. The molecule has 3 aliphatic rings. The Labute approximate surface area is 829 Å². The Morgan fingerprint density at radius 3 is 0.735 bits per heavy atom. The summed E-state index contributed by atoms with van der Waals surface area (Å²) in [5, 5.41) is 7.45. The first-order chi connectivity index (χ1) is 63.5. The summed E-state index contributed by atoms with van der Waals surface area (Å²) in [6.07, 6.45) is 3.61. The number of hydrogen-bond donors (Lipinski definition) is 0. The molecule has 0 atom stereocenters. The molecule has 15 heteroatoms. The van der Waals surface area contributed by atoms with Crippen molar-refractivity contribution in [2.24, 2.45) is 30.0 Å². The number of benzene rings is 14. The molecule has 0 aromatic heterocycles. The first kappa shape index (κ1) is 102.